The molecule has 18 heavy (non-hydrogen) atoms. The second-order valence-corrected chi connectivity index (χ2v) is 4.55. The lowest BCUT2D eigenvalue weighted by Gasteiger charge is -2.16. The fourth-order valence-electron chi connectivity index (χ4n) is 1.93. The summed E-state index contributed by atoms with van der Waals surface area (Å²) in [5.41, 5.74) is 0.267. The van der Waals surface area contributed by atoms with Crippen LogP contribution in [-0.2, 0) is 4.79 Å². The first kappa shape index (κ1) is 12.8. The van der Waals surface area contributed by atoms with E-state index >= 15 is 0 Å². The molecule has 0 aromatic carbocycles. The predicted octanol–water partition coefficient (Wildman–Crippen LogP) is 0.481. The zero-order chi connectivity index (χ0) is 13.1. The van der Waals surface area contributed by atoms with Gasteiger partial charge in [-0.25, -0.2) is 9.97 Å². The van der Waals surface area contributed by atoms with E-state index < -0.39 is 0 Å². The monoisotopic (exact) mass is 268 g/mol. The van der Waals surface area contributed by atoms with E-state index in [0.717, 1.165) is 6.42 Å². The Labute approximate surface area is 109 Å². The highest BCUT2D eigenvalue weighted by Crippen LogP contribution is 2.12. The molecule has 1 atom stereocenters. The number of carbonyl (C=O) groups excluding carboxylic acids is 2. The van der Waals surface area contributed by atoms with Gasteiger partial charge in [0.15, 0.2) is 0 Å². The number of amides is 2. The maximum absolute atomic E-state index is 12.1. The van der Waals surface area contributed by atoms with E-state index in [2.05, 4.69) is 15.3 Å². The Hall–Kier alpha value is -1.69. The van der Waals surface area contributed by atoms with Crippen LogP contribution >= 0.6 is 11.6 Å². The Morgan fingerprint density at radius 1 is 1.44 bits per heavy atom. The first-order valence-corrected chi connectivity index (χ1v) is 5.98. The topological polar surface area (TPSA) is 75.2 Å². The number of likely N-dealkylation sites (tertiary alicyclic amines) is 1. The van der Waals surface area contributed by atoms with Gasteiger partial charge >= 0.3 is 0 Å². The number of nitrogens with one attached hydrogen (secondary N) is 1. The van der Waals surface area contributed by atoms with E-state index in [1.807, 2.05) is 0 Å². The van der Waals surface area contributed by atoms with E-state index in [-0.39, 0.29) is 28.7 Å². The highest BCUT2D eigenvalue weighted by atomic mass is 35.5. The smallest absolute Gasteiger partial charge is 0.274 e. The highest BCUT2D eigenvalue weighted by molar-refractivity contribution is 6.29. The van der Waals surface area contributed by atoms with E-state index in [1.165, 1.54) is 19.3 Å². The number of hydrogen-bond donors (Lipinski definition) is 1. The zero-order valence-electron chi connectivity index (χ0n) is 9.89. The van der Waals surface area contributed by atoms with Crippen LogP contribution in [0.2, 0.25) is 5.15 Å². The Balaban J connectivity index is 1.99. The van der Waals surface area contributed by atoms with Gasteiger partial charge in [-0.1, -0.05) is 11.6 Å². The highest BCUT2D eigenvalue weighted by Gasteiger charge is 2.28. The molecule has 1 saturated heterocycles. The summed E-state index contributed by atoms with van der Waals surface area (Å²) in [4.78, 5) is 32.4. The third-order valence-corrected chi connectivity index (χ3v) is 2.92. The molecular formula is C11H13ClN4O2. The van der Waals surface area contributed by atoms with Crippen molar-refractivity contribution in [2.75, 3.05) is 13.1 Å². The molecule has 2 heterocycles. The molecule has 0 saturated carbocycles. The van der Waals surface area contributed by atoms with Crippen molar-refractivity contribution in [2.24, 2.45) is 0 Å². The van der Waals surface area contributed by atoms with Crippen LogP contribution in [0.15, 0.2) is 12.4 Å². The first-order chi connectivity index (χ1) is 8.56. The van der Waals surface area contributed by atoms with Crippen molar-refractivity contribution in [1.29, 1.82) is 0 Å². The van der Waals surface area contributed by atoms with Crippen LogP contribution in [-0.4, -0.2) is 45.8 Å². The average molecular weight is 269 g/mol. The van der Waals surface area contributed by atoms with Gasteiger partial charge in [0.2, 0.25) is 5.91 Å². The van der Waals surface area contributed by atoms with Crippen molar-refractivity contribution in [3.63, 3.8) is 0 Å². The summed E-state index contributed by atoms with van der Waals surface area (Å²) in [6.07, 6.45) is 3.46. The molecule has 0 aliphatic carbocycles. The van der Waals surface area contributed by atoms with Gasteiger partial charge < -0.3 is 10.2 Å². The predicted molar refractivity (Wildman–Crippen MR) is 65.2 cm³/mol. The van der Waals surface area contributed by atoms with Gasteiger partial charge in [0.1, 0.15) is 10.8 Å². The Bertz CT molecular complexity index is 463. The quantitative estimate of drug-likeness (QED) is 0.847. The Morgan fingerprint density at radius 2 is 2.22 bits per heavy atom. The molecule has 0 radical (unpaired) electrons. The minimum Gasteiger partial charge on any atom is -0.352 e. The fourth-order valence-corrected chi connectivity index (χ4v) is 2.03. The molecule has 1 aliphatic rings. The van der Waals surface area contributed by atoms with Crippen molar-refractivity contribution in [2.45, 2.75) is 19.4 Å². The molecule has 96 valence electrons. The summed E-state index contributed by atoms with van der Waals surface area (Å²) in [6, 6.07) is 0.0201. The van der Waals surface area contributed by atoms with Crippen LogP contribution in [0.3, 0.4) is 0 Å². The molecule has 2 rings (SSSR count). The maximum atomic E-state index is 12.1. The average Bonchev–Trinajstić information content (AvgIpc) is 2.76. The molecule has 0 spiro atoms. The summed E-state index contributed by atoms with van der Waals surface area (Å²) >= 11 is 5.61. The van der Waals surface area contributed by atoms with Crippen molar-refractivity contribution in [3.8, 4) is 0 Å². The van der Waals surface area contributed by atoms with Crippen molar-refractivity contribution < 1.29 is 9.59 Å². The van der Waals surface area contributed by atoms with Crippen LogP contribution in [0.5, 0.6) is 0 Å². The molecular weight excluding hydrogens is 256 g/mol. The van der Waals surface area contributed by atoms with Gasteiger partial charge in [-0.2, -0.15) is 0 Å². The normalized spacial score (nSPS) is 18.8. The fraction of sp³-hybridized carbons (Fsp3) is 0.455. The van der Waals surface area contributed by atoms with Gasteiger partial charge in [0, 0.05) is 26.1 Å². The number of aromatic nitrogens is 2. The summed E-state index contributed by atoms with van der Waals surface area (Å²) < 4.78 is 0. The number of halogens is 1. The third kappa shape index (κ3) is 2.95. The Kier molecular flexibility index (Phi) is 3.76. The van der Waals surface area contributed by atoms with E-state index in [0.29, 0.717) is 13.1 Å². The third-order valence-electron chi connectivity index (χ3n) is 2.72. The summed E-state index contributed by atoms with van der Waals surface area (Å²) in [5.74, 6) is -0.271. The molecule has 1 aliphatic heterocycles. The second-order valence-electron chi connectivity index (χ2n) is 4.16. The number of nitrogens with zero attached hydrogens (tertiary/aromatic N) is 3. The van der Waals surface area contributed by atoms with Gasteiger partial charge in [-0.3, -0.25) is 9.59 Å². The Morgan fingerprint density at radius 3 is 2.83 bits per heavy atom. The molecule has 2 amide bonds. The number of carbonyl (C=O) groups is 2. The van der Waals surface area contributed by atoms with Crippen LogP contribution < -0.4 is 5.32 Å². The second kappa shape index (κ2) is 5.30. The SMILES string of the molecule is CC(=O)NC1CCN(C(=O)c2cnc(Cl)cn2)C1. The van der Waals surface area contributed by atoms with Crippen molar-refractivity contribution in [3.05, 3.63) is 23.2 Å². The zero-order valence-corrected chi connectivity index (χ0v) is 10.6. The van der Waals surface area contributed by atoms with Crippen LogP contribution in [0.25, 0.3) is 0 Å². The summed E-state index contributed by atoms with van der Waals surface area (Å²) in [6.45, 7) is 2.58. The molecule has 1 aromatic rings. The van der Waals surface area contributed by atoms with E-state index in [1.54, 1.807) is 4.90 Å². The molecule has 6 nitrogen and oxygen atoms in total. The standard InChI is InChI=1S/C11H13ClN4O2/c1-7(17)15-8-2-3-16(6-8)11(18)9-4-14-10(12)5-13-9/h4-5,8H,2-3,6H2,1H3,(H,15,17). The van der Waals surface area contributed by atoms with Crippen molar-refractivity contribution in [1.82, 2.24) is 20.2 Å². The maximum Gasteiger partial charge on any atom is 0.274 e. The molecule has 0 bridgehead atoms. The van der Waals surface area contributed by atoms with Crippen LogP contribution in [0.1, 0.15) is 23.8 Å². The van der Waals surface area contributed by atoms with Crippen molar-refractivity contribution >= 4 is 23.4 Å². The minimum atomic E-state index is -0.188. The largest absolute Gasteiger partial charge is 0.352 e. The van der Waals surface area contributed by atoms with Gasteiger partial charge in [-0.15, -0.1) is 0 Å². The lowest BCUT2D eigenvalue weighted by molar-refractivity contribution is -0.119. The molecule has 1 unspecified atom stereocenters. The number of hydrogen-bond acceptors (Lipinski definition) is 4. The van der Waals surface area contributed by atoms with Crippen LogP contribution in [0.4, 0.5) is 0 Å². The van der Waals surface area contributed by atoms with Gasteiger partial charge in [0.05, 0.1) is 12.4 Å². The van der Waals surface area contributed by atoms with Crippen LogP contribution in [0, 0.1) is 0 Å². The molecule has 1 fully saturated rings. The lowest BCUT2D eigenvalue weighted by Crippen LogP contribution is -2.37. The molecule has 7 heteroatoms. The van der Waals surface area contributed by atoms with Gasteiger partial charge in [-0.05, 0) is 6.42 Å². The lowest BCUT2D eigenvalue weighted by atomic mass is 10.2. The first-order valence-electron chi connectivity index (χ1n) is 5.60. The number of rotatable bonds is 2. The minimum absolute atomic E-state index is 0.0201. The molecule has 1 N–H and O–H groups in total. The van der Waals surface area contributed by atoms with E-state index in [9.17, 15) is 9.59 Å². The molecule has 1 aromatic heterocycles. The van der Waals surface area contributed by atoms with Gasteiger partial charge in [0.25, 0.3) is 5.91 Å². The summed E-state index contributed by atoms with van der Waals surface area (Å²) in [7, 11) is 0. The van der Waals surface area contributed by atoms with E-state index in [4.69, 9.17) is 11.6 Å². The summed E-state index contributed by atoms with van der Waals surface area (Å²) in [5, 5.41) is 3.05.